The number of nitrogens with one attached hydrogen (secondary N) is 2. The smallest absolute Gasteiger partial charge is 0.224 e. The molecule has 0 radical (unpaired) electrons. The molecule has 7 nitrogen and oxygen atoms in total. The number of rotatable bonds is 8. The maximum absolute atomic E-state index is 12.9. The van der Waals surface area contributed by atoms with Crippen molar-refractivity contribution in [2.75, 3.05) is 6.54 Å². The van der Waals surface area contributed by atoms with Crippen LogP contribution in [-0.4, -0.2) is 39.2 Å². The van der Waals surface area contributed by atoms with Gasteiger partial charge in [0.2, 0.25) is 11.8 Å². The van der Waals surface area contributed by atoms with E-state index >= 15 is 0 Å². The lowest BCUT2D eigenvalue weighted by molar-refractivity contribution is -0.126. The monoisotopic (exact) mass is 401 g/mol. The summed E-state index contributed by atoms with van der Waals surface area (Å²) in [7, 11) is 0. The normalized spacial score (nSPS) is 20.1. The highest BCUT2D eigenvalue weighted by molar-refractivity contribution is 5.79. The Labute approximate surface area is 170 Å². The van der Waals surface area contributed by atoms with Gasteiger partial charge in [-0.3, -0.25) is 14.3 Å². The number of carbonyl (C=O) groups is 2. The molecule has 0 aliphatic heterocycles. The fraction of sp³-hybridized carbons (Fsp3) is 0.524. The lowest BCUT2D eigenvalue weighted by Crippen LogP contribution is -2.43. The first-order valence-corrected chi connectivity index (χ1v) is 10.2. The summed E-state index contributed by atoms with van der Waals surface area (Å²) in [6.45, 7) is 2.91. The van der Waals surface area contributed by atoms with Crippen LogP contribution >= 0.6 is 0 Å². The second kappa shape index (κ2) is 10.1. The van der Waals surface area contributed by atoms with Gasteiger partial charge in [0.1, 0.15) is 18.5 Å². The second-order valence-electron chi connectivity index (χ2n) is 7.74. The average molecular weight is 401 g/mol. The molecule has 0 spiro atoms. The molecular formula is C21H28FN5O2. The molecule has 1 aromatic heterocycles. The van der Waals surface area contributed by atoms with Crippen LogP contribution in [0.4, 0.5) is 4.39 Å². The molecule has 2 N–H and O–H groups in total. The molecule has 0 bridgehead atoms. The van der Waals surface area contributed by atoms with Crippen molar-refractivity contribution in [3.8, 4) is 0 Å². The molecule has 1 aromatic carbocycles. The Morgan fingerprint density at radius 2 is 1.93 bits per heavy atom. The fourth-order valence-electron chi connectivity index (χ4n) is 3.66. The fourth-order valence-corrected chi connectivity index (χ4v) is 3.66. The van der Waals surface area contributed by atoms with E-state index in [2.05, 4.69) is 20.7 Å². The molecule has 1 fully saturated rings. The Balaban J connectivity index is 1.34. The van der Waals surface area contributed by atoms with Gasteiger partial charge in [0, 0.05) is 18.5 Å². The van der Waals surface area contributed by atoms with E-state index < -0.39 is 0 Å². The molecule has 1 atom stereocenters. The standard InChI is InChI=1S/C21H28FN5O2/c1-15(12-27-14-23-13-25-27)20(28)26-19-8-4-17(5-9-19)21(29)24-11-10-16-2-6-18(22)7-3-16/h2-3,6-7,13-15,17,19H,4-5,8-12H2,1H3,(H,24,29)(H,26,28). The summed E-state index contributed by atoms with van der Waals surface area (Å²) in [6.07, 6.45) is 6.88. The average Bonchev–Trinajstić information content (AvgIpc) is 3.23. The molecule has 156 valence electrons. The molecule has 1 saturated carbocycles. The number of amides is 2. The molecule has 29 heavy (non-hydrogen) atoms. The number of aromatic nitrogens is 3. The summed E-state index contributed by atoms with van der Waals surface area (Å²) in [4.78, 5) is 28.6. The Morgan fingerprint density at radius 3 is 2.59 bits per heavy atom. The summed E-state index contributed by atoms with van der Waals surface area (Å²) < 4.78 is 14.6. The van der Waals surface area contributed by atoms with Gasteiger partial charge in [0.15, 0.2) is 0 Å². The highest BCUT2D eigenvalue weighted by atomic mass is 19.1. The van der Waals surface area contributed by atoms with Gasteiger partial charge in [0.25, 0.3) is 0 Å². The van der Waals surface area contributed by atoms with Crippen molar-refractivity contribution in [2.45, 2.75) is 51.6 Å². The molecule has 1 heterocycles. The van der Waals surface area contributed by atoms with Crippen LogP contribution in [-0.2, 0) is 22.6 Å². The number of carbonyl (C=O) groups excluding carboxylic acids is 2. The zero-order valence-electron chi connectivity index (χ0n) is 16.7. The van der Waals surface area contributed by atoms with Gasteiger partial charge in [0.05, 0.1) is 12.5 Å². The maximum Gasteiger partial charge on any atom is 0.224 e. The Kier molecular flexibility index (Phi) is 7.32. The van der Waals surface area contributed by atoms with Crippen LogP contribution in [0.25, 0.3) is 0 Å². The first-order chi connectivity index (χ1) is 14.0. The van der Waals surface area contributed by atoms with Gasteiger partial charge >= 0.3 is 0 Å². The van der Waals surface area contributed by atoms with E-state index in [1.165, 1.54) is 18.5 Å². The van der Waals surface area contributed by atoms with E-state index in [9.17, 15) is 14.0 Å². The number of benzene rings is 1. The van der Waals surface area contributed by atoms with Gasteiger partial charge in [-0.05, 0) is 49.8 Å². The molecule has 1 aliphatic rings. The third-order valence-corrected chi connectivity index (χ3v) is 5.45. The summed E-state index contributed by atoms with van der Waals surface area (Å²) in [5, 5.41) is 10.1. The van der Waals surface area contributed by atoms with E-state index in [0.29, 0.717) is 19.5 Å². The summed E-state index contributed by atoms with van der Waals surface area (Å²) in [5.41, 5.74) is 0.998. The van der Waals surface area contributed by atoms with Crippen molar-refractivity contribution in [1.82, 2.24) is 25.4 Å². The first kappa shape index (κ1) is 21.0. The van der Waals surface area contributed by atoms with Crippen molar-refractivity contribution in [3.05, 3.63) is 48.3 Å². The zero-order valence-corrected chi connectivity index (χ0v) is 16.7. The summed E-state index contributed by atoms with van der Waals surface area (Å²) >= 11 is 0. The van der Waals surface area contributed by atoms with Crippen LogP contribution in [0, 0.1) is 17.7 Å². The SMILES string of the molecule is CC(Cn1cncn1)C(=O)NC1CCC(C(=O)NCCc2ccc(F)cc2)CC1. The van der Waals surface area contributed by atoms with Crippen LogP contribution in [0.1, 0.15) is 38.2 Å². The number of nitrogens with zero attached hydrogens (tertiary/aromatic N) is 3. The van der Waals surface area contributed by atoms with Crippen molar-refractivity contribution in [3.63, 3.8) is 0 Å². The van der Waals surface area contributed by atoms with E-state index in [-0.39, 0.29) is 35.5 Å². The van der Waals surface area contributed by atoms with Crippen molar-refractivity contribution < 1.29 is 14.0 Å². The van der Waals surface area contributed by atoms with E-state index in [1.807, 2.05) is 6.92 Å². The predicted octanol–water partition coefficient (Wildman–Crippen LogP) is 2.09. The number of halogens is 1. The van der Waals surface area contributed by atoms with E-state index in [4.69, 9.17) is 0 Å². The summed E-state index contributed by atoms with van der Waals surface area (Å²) in [5.74, 6) is -0.383. The van der Waals surface area contributed by atoms with Crippen LogP contribution in [0.3, 0.4) is 0 Å². The van der Waals surface area contributed by atoms with Gasteiger partial charge in [-0.2, -0.15) is 5.10 Å². The van der Waals surface area contributed by atoms with Crippen molar-refractivity contribution in [1.29, 1.82) is 0 Å². The van der Waals surface area contributed by atoms with Crippen molar-refractivity contribution >= 4 is 11.8 Å². The lowest BCUT2D eigenvalue weighted by Gasteiger charge is -2.29. The third kappa shape index (κ3) is 6.37. The van der Waals surface area contributed by atoms with Gasteiger partial charge in [-0.25, -0.2) is 9.37 Å². The quantitative estimate of drug-likeness (QED) is 0.709. The van der Waals surface area contributed by atoms with Gasteiger partial charge in [-0.1, -0.05) is 19.1 Å². The molecular weight excluding hydrogens is 373 g/mol. The van der Waals surface area contributed by atoms with Gasteiger partial charge in [-0.15, -0.1) is 0 Å². The summed E-state index contributed by atoms with van der Waals surface area (Å²) in [6, 6.07) is 6.45. The van der Waals surface area contributed by atoms with Crippen LogP contribution in [0.2, 0.25) is 0 Å². The number of hydrogen-bond acceptors (Lipinski definition) is 4. The molecule has 2 aromatic rings. The van der Waals surface area contributed by atoms with Crippen LogP contribution in [0.15, 0.2) is 36.9 Å². The Hall–Kier alpha value is -2.77. The number of hydrogen-bond donors (Lipinski definition) is 2. The molecule has 1 unspecified atom stereocenters. The highest BCUT2D eigenvalue weighted by Gasteiger charge is 2.27. The van der Waals surface area contributed by atoms with E-state index in [0.717, 1.165) is 31.2 Å². The lowest BCUT2D eigenvalue weighted by atomic mass is 9.85. The Bertz CT molecular complexity index is 786. The van der Waals surface area contributed by atoms with Crippen LogP contribution < -0.4 is 10.6 Å². The highest BCUT2D eigenvalue weighted by Crippen LogP contribution is 2.24. The third-order valence-electron chi connectivity index (χ3n) is 5.45. The maximum atomic E-state index is 12.9. The van der Waals surface area contributed by atoms with E-state index in [1.54, 1.807) is 23.1 Å². The van der Waals surface area contributed by atoms with Gasteiger partial charge < -0.3 is 10.6 Å². The predicted molar refractivity (Wildman–Crippen MR) is 106 cm³/mol. The molecule has 1 aliphatic carbocycles. The zero-order chi connectivity index (χ0) is 20.6. The molecule has 2 amide bonds. The minimum absolute atomic E-state index is 0.00713. The largest absolute Gasteiger partial charge is 0.356 e. The second-order valence-corrected chi connectivity index (χ2v) is 7.74. The Morgan fingerprint density at radius 1 is 1.21 bits per heavy atom. The minimum Gasteiger partial charge on any atom is -0.356 e. The topological polar surface area (TPSA) is 88.9 Å². The molecule has 8 heteroatoms. The first-order valence-electron chi connectivity index (χ1n) is 10.2. The van der Waals surface area contributed by atoms with Crippen LogP contribution in [0.5, 0.6) is 0 Å². The minimum atomic E-state index is -0.255. The molecule has 0 saturated heterocycles. The van der Waals surface area contributed by atoms with Crippen molar-refractivity contribution in [2.24, 2.45) is 11.8 Å². The molecule has 3 rings (SSSR count).